The van der Waals surface area contributed by atoms with Crippen LogP contribution in [-0.2, 0) is 0 Å². The molecule has 1 atom stereocenters. The molecule has 2 nitrogen and oxygen atoms in total. The minimum atomic E-state index is 0.299. The van der Waals surface area contributed by atoms with Crippen molar-refractivity contribution < 1.29 is 4.42 Å². The lowest BCUT2D eigenvalue weighted by Gasteiger charge is -2.34. The fourth-order valence-electron chi connectivity index (χ4n) is 10.8. The van der Waals surface area contributed by atoms with Crippen LogP contribution < -0.4 is 4.90 Å². The fourth-order valence-corrected chi connectivity index (χ4v) is 10.8. The van der Waals surface area contributed by atoms with Crippen molar-refractivity contribution in [2.45, 2.75) is 13.3 Å². The molecule has 0 spiro atoms. The van der Waals surface area contributed by atoms with E-state index in [-0.39, 0.29) is 0 Å². The molecule has 11 aromatic carbocycles. The summed E-state index contributed by atoms with van der Waals surface area (Å²) in [5, 5.41) is 9.57. The maximum atomic E-state index is 6.81. The fraction of sp³-hybridized carbons (Fsp3) is 0.0448. The Morgan fingerprint density at radius 3 is 1.71 bits per heavy atom. The molecule has 1 aliphatic carbocycles. The third-order valence-corrected chi connectivity index (χ3v) is 14.2. The zero-order valence-corrected chi connectivity index (χ0v) is 38.3. The van der Waals surface area contributed by atoms with Crippen molar-refractivity contribution in [3.63, 3.8) is 0 Å². The van der Waals surface area contributed by atoms with E-state index in [4.69, 9.17) is 4.42 Å². The van der Waals surface area contributed by atoms with Gasteiger partial charge < -0.3 is 9.32 Å². The first-order valence-electron chi connectivity index (χ1n) is 24.0. The Balaban J connectivity index is 1.03. The van der Waals surface area contributed by atoms with Crippen LogP contribution in [0.5, 0.6) is 0 Å². The third kappa shape index (κ3) is 7.12. The smallest absolute Gasteiger partial charge is 0.143 e. The van der Waals surface area contributed by atoms with Crippen molar-refractivity contribution in [1.29, 1.82) is 0 Å². The van der Waals surface area contributed by atoms with Crippen LogP contribution in [0, 0.1) is 5.92 Å². The Bertz CT molecular complexity index is 3970. The van der Waals surface area contributed by atoms with Gasteiger partial charge >= 0.3 is 0 Å². The predicted octanol–water partition coefficient (Wildman–Crippen LogP) is 18.9. The molecule has 2 heteroatoms. The average Bonchev–Trinajstić information content (AvgIpc) is 3.81. The molecule has 0 aliphatic heterocycles. The summed E-state index contributed by atoms with van der Waals surface area (Å²) in [6, 6.07) is 86.3. The molecule has 0 saturated carbocycles. The molecule has 1 aromatic heterocycles. The largest absolute Gasteiger partial charge is 0.455 e. The molecular formula is C67H47NO. The van der Waals surface area contributed by atoms with Gasteiger partial charge in [-0.15, -0.1) is 0 Å². The summed E-state index contributed by atoms with van der Waals surface area (Å²) >= 11 is 0. The minimum Gasteiger partial charge on any atom is -0.455 e. The highest BCUT2D eigenvalue weighted by Gasteiger charge is 2.28. The number of allylic oxidation sites excluding steroid dienone is 3. The van der Waals surface area contributed by atoms with E-state index >= 15 is 0 Å². The molecule has 326 valence electrons. The number of hydrogen-bond acceptors (Lipinski definition) is 2. The lowest BCUT2D eigenvalue weighted by Crippen LogP contribution is -2.21. The number of fused-ring (bicyclic) bond motifs is 8. The Morgan fingerprint density at radius 2 is 0.971 bits per heavy atom. The van der Waals surface area contributed by atoms with Gasteiger partial charge in [0.05, 0.1) is 5.69 Å². The normalized spacial score (nSPS) is 13.8. The quantitative estimate of drug-likeness (QED) is 0.141. The molecule has 0 radical (unpaired) electrons. The SMILES string of the molecule is CC1C=C(N(c2ccc(-c3ccc(-c4ccccc4)cc3)cc2)c2cc(-c3cccc4c3ccc3ccccc34)ccc2-c2ccccc2)C(c2cccc3oc4c5ccccc5ccc4c23)=CC1. The Morgan fingerprint density at radius 1 is 0.406 bits per heavy atom. The van der Waals surface area contributed by atoms with Crippen LogP contribution in [0.25, 0.3) is 104 Å². The van der Waals surface area contributed by atoms with E-state index in [1.54, 1.807) is 0 Å². The van der Waals surface area contributed by atoms with Crippen molar-refractivity contribution in [3.05, 3.63) is 260 Å². The van der Waals surface area contributed by atoms with Gasteiger partial charge in [0.25, 0.3) is 0 Å². The van der Waals surface area contributed by atoms with E-state index in [0.717, 1.165) is 73.1 Å². The molecule has 0 bridgehead atoms. The van der Waals surface area contributed by atoms with Crippen molar-refractivity contribution in [2.75, 3.05) is 4.90 Å². The van der Waals surface area contributed by atoms with Gasteiger partial charge in [0, 0.05) is 38.7 Å². The zero-order chi connectivity index (χ0) is 45.8. The maximum Gasteiger partial charge on any atom is 0.143 e. The van der Waals surface area contributed by atoms with Gasteiger partial charge in [-0.2, -0.15) is 0 Å². The van der Waals surface area contributed by atoms with Crippen molar-refractivity contribution in [2.24, 2.45) is 5.92 Å². The lowest BCUT2D eigenvalue weighted by molar-refractivity contribution is 0.672. The van der Waals surface area contributed by atoms with Gasteiger partial charge in [0.15, 0.2) is 0 Å². The third-order valence-electron chi connectivity index (χ3n) is 14.2. The molecule has 0 saturated heterocycles. The number of rotatable bonds is 8. The summed E-state index contributed by atoms with van der Waals surface area (Å²) in [6.45, 7) is 2.34. The average molecular weight is 882 g/mol. The van der Waals surface area contributed by atoms with Crippen LogP contribution in [0.4, 0.5) is 11.4 Å². The van der Waals surface area contributed by atoms with Gasteiger partial charge in [0.1, 0.15) is 11.2 Å². The van der Waals surface area contributed by atoms with Crippen LogP contribution in [-0.4, -0.2) is 0 Å². The van der Waals surface area contributed by atoms with Crippen molar-refractivity contribution in [1.82, 2.24) is 0 Å². The Kier molecular flexibility index (Phi) is 9.91. The molecule has 12 aromatic rings. The second kappa shape index (κ2) is 16.9. The van der Waals surface area contributed by atoms with E-state index in [1.165, 1.54) is 60.3 Å². The van der Waals surface area contributed by atoms with Crippen molar-refractivity contribution in [3.8, 4) is 44.5 Å². The van der Waals surface area contributed by atoms with Crippen LogP contribution in [0.15, 0.2) is 259 Å². The summed E-state index contributed by atoms with van der Waals surface area (Å²) in [5.74, 6) is 0.299. The minimum absolute atomic E-state index is 0.299. The summed E-state index contributed by atoms with van der Waals surface area (Å²) in [5.41, 5.74) is 17.0. The highest BCUT2D eigenvalue weighted by molar-refractivity contribution is 6.19. The second-order valence-electron chi connectivity index (χ2n) is 18.4. The second-order valence-corrected chi connectivity index (χ2v) is 18.4. The zero-order valence-electron chi connectivity index (χ0n) is 38.3. The highest BCUT2D eigenvalue weighted by atomic mass is 16.3. The predicted molar refractivity (Wildman–Crippen MR) is 293 cm³/mol. The van der Waals surface area contributed by atoms with E-state index in [2.05, 4.69) is 261 Å². The number of nitrogens with zero attached hydrogens (tertiary/aromatic N) is 1. The molecule has 69 heavy (non-hydrogen) atoms. The molecule has 13 rings (SSSR count). The van der Waals surface area contributed by atoms with Gasteiger partial charge in [-0.1, -0.05) is 225 Å². The number of benzene rings is 11. The van der Waals surface area contributed by atoms with Gasteiger partial charge in [-0.05, 0) is 114 Å². The molecule has 1 heterocycles. The molecule has 1 unspecified atom stereocenters. The molecule has 1 aliphatic rings. The first-order valence-corrected chi connectivity index (χ1v) is 24.0. The Labute approximate surface area is 402 Å². The van der Waals surface area contributed by atoms with E-state index in [1.807, 2.05) is 0 Å². The first kappa shape index (κ1) is 40.5. The van der Waals surface area contributed by atoms with Gasteiger partial charge in [-0.3, -0.25) is 0 Å². The van der Waals surface area contributed by atoms with E-state index < -0.39 is 0 Å². The highest BCUT2D eigenvalue weighted by Crippen LogP contribution is 2.48. The summed E-state index contributed by atoms with van der Waals surface area (Å²) in [7, 11) is 0. The van der Waals surface area contributed by atoms with Crippen LogP contribution in [0.3, 0.4) is 0 Å². The first-order chi connectivity index (χ1) is 34.1. The maximum absolute atomic E-state index is 6.81. The molecular weight excluding hydrogens is 835 g/mol. The molecule has 0 N–H and O–H groups in total. The Hall–Kier alpha value is -8.72. The lowest BCUT2D eigenvalue weighted by atomic mass is 9.87. The monoisotopic (exact) mass is 881 g/mol. The number of furan rings is 1. The van der Waals surface area contributed by atoms with Crippen LogP contribution in [0.2, 0.25) is 0 Å². The number of anilines is 2. The summed E-state index contributed by atoms with van der Waals surface area (Å²) < 4.78 is 6.81. The standard InChI is InChI=1S/C67H47NO/c1-44-26-38-60(61-24-13-25-65-66(61)62-41-34-51-19-9-11-21-57(51)67(62)69-65)63(42-44)68(53-36-31-48(32-37-53)47-29-27-46(28-30-47)45-14-4-2-5-15-45)64-43-52(35-39-56(64)49-16-6-3-7-17-49)55-22-12-23-58-54-20-10-8-18-50(54)33-40-59(55)58/h2-25,27-44H,26H2,1H3. The van der Waals surface area contributed by atoms with Crippen LogP contribution >= 0.6 is 0 Å². The van der Waals surface area contributed by atoms with Crippen LogP contribution in [0.1, 0.15) is 18.9 Å². The molecule has 0 amide bonds. The van der Waals surface area contributed by atoms with E-state index in [0.29, 0.717) is 5.92 Å². The summed E-state index contributed by atoms with van der Waals surface area (Å²) in [6.07, 6.45) is 5.88. The number of hydrogen-bond donors (Lipinski definition) is 0. The van der Waals surface area contributed by atoms with Crippen molar-refractivity contribution >= 4 is 71.2 Å². The summed E-state index contributed by atoms with van der Waals surface area (Å²) in [4.78, 5) is 2.53. The molecule has 0 fully saturated rings. The van der Waals surface area contributed by atoms with Gasteiger partial charge in [-0.25, -0.2) is 0 Å². The topological polar surface area (TPSA) is 16.4 Å². The van der Waals surface area contributed by atoms with Gasteiger partial charge in [0.2, 0.25) is 0 Å². The van der Waals surface area contributed by atoms with E-state index in [9.17, 15) is 0 Å².